The van der Waals surface area contributed by atoms with Crippen molar-refractivity contribution in [2.24, 2.45) is 5.73 Å². The average molecular weight is 422 g/mol. The molecule has 2 aromatic carbocycles. The fraction of sp³-hybridized carbons (Fsp3) is 0.333. The van der Waals surface area contributed by atoms with Gasteiger partial charge in [-0.2, -0.15) is 0 Å². The third-order valence-corrected chi connectivity index (χ3v) is 4.28. The van der Waals surface area contributed by atoms with Crippen LogP contribution in [0, 0.1) is 0 Å². The zero-order chi connectivity index (χ0) is 21.2. The van der Waals surface area contributed by atoms with E-state index in [2.05, 4.69) is 14.2 Å². The summed E-state index contributed by atoms with van der Waals surface area (Å²) in [7, 11) is 0. The summed E-state index contributed by atoms with van der Waals surface area (Å²) in [4.78, 5) is 22.7. The Hall–Kier alpha value is -2.61. The Morgan fingerprint density at radius 2 is 1.79 bits per heavy atom. The van der Waals surface area contributed by atoms with E-state index in [4.69, 9.17) is 17.3 Å². The van der Waals surface area contributed by atoms with Crippen molar-refractivity contribution in [3.8, 4) is 11.1 Å². The van der Waals surface area contributed by atoms with Crippen molar-refractivity contribution in [3.63, 3.8) is 0 Å². The molecule has 0 aliphatic rings. The summed E-state index contributed by atoms with van der Waals surface area (Å²) in [5.41, 5.74) is 9.04. The summed E-state index contributed by atoms with van der Waals surface area (Å²) >= 11 is 6.02. The van der Waals surface area contributed by atoms with E-state index in [-0.39, 0.29) is 13.0 Å². The summed E-state index contributed by atoms with van der Waals surface area (Å²) in [6.45, 7) is 1.13. The van der Waals surface area contributed by atoms with Gasteiger partial charge in [-0.1, -0.05) is 48.0 Å². The van der Waals surface area contributed by atoms with Gasteiger partial charge >= 0.3 is 12.1 Å². The largest absolute Gasteiger partial charge is 0.511 e. The quantitative estimate of drug-likeness (QED) is 0.472. The van der Waals surface area contributed by atoms with Gasteiger partial charge < -0.3 is 25.1 Å². The monoisotopic (exact) mass is 421 g/mol. The molecule has 2 rings (SSSR count). The second-order valence-electron chi connectivity index (χ2n) is 6.33. The molecule has 0 fully saturated rings. The van der Waals surface area contributed by atoms with Crippen molar-refractivity contribution in [2.45, 2.75) is 31.9 Å². The van der Waals surface area contributed by atoms with Crippen LogP contribution in [-0.4, -0.2) is 42.8 Å². The molecule has 0 amide bonds. The first-order valence-corrected chi connectivity index (χ1v) is 9.51. The van der Waals surface area contributed by atoms with Gasteiger partial charge in [0.05, 0.1) is 6.61 Å². The van der Waals surface area contributed by atoms with Gasteiger partial charge in [-0.3, -0.25) is 0 Å². The maximum absolute atomic E-state index is 11.7. The number of hydrogen-bond donors (Lipinski definition) is 2. The topological polar surface area (TPSA) is 108 Å². The van der Waals surface area contributed by atoms with Crippen LogP contribution in [0.1, 0.15) is 18.9 Å². The van der Waals surface area contributed by atoms with Crippen LogP contribution in [0.4, 0.5) is 4.79 Å². The number of carbonyl (C=O) groups is 2. The van der Waals surface area contributed by atoms with Gasteiger partial charge in [0.1, 0.15) is 0 Å². The van der Waals surface area contributed by atoms with Crippen molar-refractivity contribution in [1.82, 2.24) is 0 Å². The maximum atomic E-state index is 11.7. The highest BCUT2D eigenvalue weighted by Gasteiger charge is 2.21. The molecule has 2 unspecified atom stereocenters. The third kappa shape index (κ3) is 7.73. The van der Waals surface area contributed by atoms with Gasteiger partial charge in [0, 0.05) is 11.1 Å². The van der Waals surface area contributed by atoms with Crippen LogP contribution in [0.15, 0.2) is 48.5 Å². The van der Waals surface area contributed by atoms with E-state index in [0.717, 1.165) is 16.7 Å². The van der Waals surface area contributed by atoms with E-state index in [1.807, 2.05) is 48.5 Å². The van der Waals surface area contributed by atoms with Gasteiger partial charge in [-0.15, -0.1) is 0 Å². The van der Waals surface area contributed by atoms with E-state index in [9.17, 15) is 14.7 Å². The number of aliphatic hydroxyl groups excluding tert-OH is 1. The maximum Gasteiger partial charge on any atom is 0.511 e. The average Bonchev–Trinajstić information content (AvgIpc) is 2.68. The summed E-state index contributed by atoms with van der Waals surface area (Å²) in [6.07, 6.45) is -1.89. The molecule has 0 heterocycles. The summed E-state index contributed by atoms with van der Waals surface area (Å²) < 4.78 is 13.7. The molecule has 0 aromatic heterocycles. The van der Waals surface area contributed by atoms with Crippen molar-refractivity contribution in [2.75, 3.05) is 13.4 Å². The molecule has 2 atom stereocenters. The number of carbonyl (C=O) groups excluding carboxylic acids is 2. The molecular weight excluding hydrogens is 398 g/mol. The van der Waals surface area contributed by atoms with Gasteiger partial charge in [-0.25, -0.2) is 9.59 Å². The second-order valence-corrected chi connectivity index (χ2v) is 6.77. The van der Waals surface area contributed by atoms with E-state index >= 15 is 0 Å². The van der Waals surface area contributed by atoms with Gasteiger partial charge in [0.15, 0.2) is 6.10 Å². The standard InChI is InChI=1S/C21H24ClNO6/c1-2-27-21(26)29-13-28-20(25)19(24)12-18(23)10-14-6-8-15(9-7-14)16-4-3-5-17(22)11-16/h3-9,11,18-19,24H,2,10,12-13,23H2,1H3. The first-order valence-electron chi connectivity index (χ1n) is 9.13. The number of esters is 1. The summed E-state index contributed by atoms with van der Waals surface area (Å²) in [5.74, 6) is -0.916. The Kier molecular flexibility index (Phi) is 8.92. The van der Waals surface area contributed by atoms with E-state index < -0.39 is 31.1 Å². The van der Waals surface area contributed by atoms with Crippen LogP contribution in [0.25, 0.3) is 11.1 Å². The van der Waals surface area contributed by atoms with Crippen molar-refractivity contribution >= 4 is 23.7 Å². The molecular formula is C21H24ClNO6. The molecule has 8 heteroatoms. The Bertz CT molecular complexity index is 811. The zero-order valence-electron chi connectivity index (χ0n) is 16.0. The Labute approximate surface area is 174 Å². The molecule has 0 bridgehead atoms. The van der Waals surface area contributed by atoms with Crippen LogP contribution in [-0.2, 0) is 25.4 Å². The minimum Gasteiger partial charge on any atom is -0.435 e. The highest BCUT2D eigenvalue weighted by molar-refractivity contribution is 6.30. The molecule has 0 saturated carbocycles. The van der Waals surface area contributed by atoms with Gasteiger partial charge in [0.25, 0.3) is 0 Å². The lowest BCUT2D eigenvalue weighted by molar-refractivity contribution is -0.163. The minimum atomic E-state index is -1.42. The van der Waals surface area contributed by atoms with Gasteiger partial charge in [0.2, 0.25) is 6.79 Å². The van der Waals surface area contributed by atoms with E-state index in [0.29, 0.717) is 11.4 Å². The van der Waals surface area contributed by atoms with Crippen LogP contribution in [0.3, 0.4) is 0 Å². The van der Waals surface area contributed by atoms with Crippen molar-refractivity contribution in [3.05, 3.63) is 59.1 Å². The Balaban J connectivity index is 1.80. The number of aliphatic hydroxyl groups is 1. The number of ether oxygens (including phenoxy) is 3. The fourth-order valence-corrected chi connectivity index (χ4v) is 2.85. The van der Waals surface area contributed by atoms with Crippen LogP contribution in [0.5, 0.6) is 0 Å². The Morgan fingerprint density at radius 1 is 1.07 bits per heavy atom. The predicted molar refractivity (Wildman–Crippen MR) is 108 cm³/mol. The summed E-state index contributed by atoms with van der Waals surface area (Å²) in [5, 5.41) is 10.6. The van der Waals surface area contributed by atoms with Crippen molar-refractivity contribution in [1.29, 1.82) is 0 Å². The number of rotatable bonds is 9. The number of nitrogens with two attached hydrogens (primary N) is 1. The van der Waals surface area contributed by atoms with E-state index in [1.165, 1.54) is 0 Å². The molecule has 0 aliphatic carbocycles. The number of benzene rings is 2. The molecule has 156 valence electrons. The smallest absolute Gasteiger partial charge is 0.435 e. The lowest BCUT2D eigenvalue weighted by Gasteiger charge is -2.16. The predicted octanol–water partition coefficient (Wildman–Crippen LogP) is 3.30. The SMILES string of the molecule is CCOC(=O)OCOC(=O)C(O)CC(N)Cc1ccc(-c2cccc(Cl)c2)cc1. The van der Waals surface area contributed by atoms with Crippen LogP contribution >= 0.6 is 11.6 Å². The lowest BCUT2D eigenvalue weighted by Crippen LogP contribution is -2.34. The lowest BCUT2D eigenvalue weighted by atomic mass is 9.98. The molecule has 3 N–H and O–H groups in total. The molecule has 0 aliphatic heterocycles. The van der Waals surface area contributed by atoms with E-state index in [1.54, 1.807) is 6.92 Å². The molecule has 0 saturated heterocycles. The van der Waals surface area contributed by atoms with Crippen molar-refractivity contribution < 1.29 is 28.9 Å². The normalized spacial score (nSPS) is 12.7. The number of halogens is 1. The van der Waals surface area contributed by atoms with Crippen LogP contribution < -0.4 is 5.73 Å². The fourth-order valence-electron chi connectivity index (χ4n) is 2.66. The molecule has 2 aromatic rings. The van der Waals surface area contributed by atoms with Crippen LogP contribution in [0.2, 0.25) is 5.02 Å². The molecule has 0 radical (unpaired) electrons. The molecule has 7 nitrogen and oxygen atoms in total. The molecule has 0 spiro atoms. The Morgan fingerprint density at radius 3 is 2.45 bits per heavy atom. The molecule has 29 heavy (non-hydrogen) atoms. The second kappa shape index (κ2) is 11.4. The highest BCUT2D eigenvalue weighted by atomic mass is 35.5. The first-order chi connectivity index (χ1) is 13.9. The van der Waals surface area contributed by atoms with Gasteiger partial charge in [-0.05, 0) is 48.6 Å². The number of hydrogen-bond acceptors (Lipinski definition) is 7. The minimum absolute atomic E-state index is 0.00822. The first kappa shape index (κ1) is 22.7. The zero-order valence-corrected chi connectivity index (χ0v) is 16.8. The highest BCUT2D eigenvalue weighted by Crippen LogP contribution is 2.23. The third-order valence-electron chi connectivity index (χ3n) is 4.05. The summed E-state index contributed by atoms with van der Waals surface area (Å²) in [6, 6.07) is 14.9.